The van der Waals surface area contributed by atoms with E-state index in [2.05, 4.69) is 6.58 Å². The first kappa shape index (κ1) is 18.4. The van der Waals surface area contributed by atoms with Crippen LogP contribution in [0.5, 0.6) is 0 Å². The Balaban J connectivity index is 2.78. The Hall–Kier alpha value is -0.650. The van der Waals surface area contributed by atoms with Gasteiger partial charge in [0.05, 0.1) is 4.34 Å². The molecule has 0 radical (unpaired) electrons. The topological polar surface area (TPSA) is 37.4 Å². The molecule has 1 unspecified atom stereocenters. The van der Waals surface area contributed by atoms with Crippen LogP contribution in [0.4, 0.5) is 0 Å². The molecule has 1 atom stereocenters. The van der Waals surface area contributed by atoms with Crippen molar-refractivity contribution >= 4 is 39.6 Å². The molecule has 0 aliphatic rings. The predicted molar refractivity (Wildman–Crippen MR) is 92.4 cm³/mol. The van der Waals surface area contributed by atoms with Crippen LogP contribution in [-0.2, 0) is 22.1 Å². The maximum atomic E-state index is 12.1. The van der Waals surface area contributed by atoms with Gasteiger partial charge in [-0.1, -0.05) is 18.2 Å². The fourth-order valence-corrected chi connectivity index (χ4v) is 3.96. The smallest absolute Gasteiger partial charge is 0.246 e. The van der Waals surface area contributed by atoms with Crippen molar-refractivity contribution in [2.45, 2.75) is 39.0 Å². The van der Waals surface area contributed by atoms with Crippen molar-refractivity contribution in [3.05, 3.63) is 33.5 Å². The van der Waals surface area contributed by atoms with Crippen molar-refractivity contribution in [3.63, 3.8) is 0 Å². The molecule has 0 N–H and O–H groups in total. The van der Waals surface area contributed by atoms with Gasteiger partial charge in [0.2, 0.25) is 5.91 Å². The molecule has 0 aliphatic heterocycles. The largest absolute Gasteiger partial charge is 0.334 e. The highest BCUT2D eigenvalue weighted by Crippen LogP contribution is 2.27. The fraction of sp³-hybridized carbons (Fsp3) is 0.533. The van der Waals surface area contributed by atoms with Crippen molar-refractivity contribution in [1.29, 1.82) is 0 Å². The van der Waals surface area contributed by atoms with Gasteiger partial charge in [-0.2, -0.15) is 0 Å². The molecule has 21 heavy (non-hydrogen) atoms. The van der Waals surface area contributed by atoms with Gasteiger partial charge in [0.1, 0.15) is 0 Å². The summed E-state index contributed by atoms with van der Waals surface area (Å²) in [5, 5.41) is 0. The molecule has 1 amide bonds. The number of rotatable bonds is 6. The van der Waals surface area contributed by atoms with Crippen LogP contribution in [0.2, 0.25) is 4.34 Å². The van der Waals surface area contributed by atoms with Crippen LogP contribution < -0.4 is 0 Å². The van der Waals surface area contributed by atoms with Gasteiger partial charge in [-0.3, -0.25) is 9.00 Å². The zero-order chi connectivity index (χ0) is 16.2. The lowest BCUT2D eigenvalue weighted by Crippen LogP contribution is -2.35. The summed E-state index contributed by atoms with van der Waals surface area (Å²) in [4.78, 5) is 14.7. The summed E-state index contributed by atoms with van der Waals surface area (Å²) in [5.41, 5.74) is 1.03. The normalized spacial score (nSPS) is 13.0. The van der Waals surface area contributed by atoms with E-state index >= 15 is 0 Å². The second kappa shape index (κ2) is 7.56. The van der Waals surface area contributed by atoms with Crippen molar-refractivity contribution in [3.8, 4) is 0 Å². The van der Waals surface area contributed by atoms with Crippen LogP contribution in [0, 0.1) is 6.92 Å². The molecule has 0 aromatic carbocycles. The molecule has 118 valence electrons. The van der Waals surface area contributed by atoms with Crippen molar-refractivity contribution in [2.24, 2.45) is 0 Å². The Morgan fingerprint density at radius 1 is 1.52 bits per heavy atom. The highest BCUT2D eigenvalue weighted by molar-refractivity contribution is 7.86. The quantitative estimate of drug-likeness (QED) is 0.734. The first-order valence-electron chi connectivity index (χ1n) is 6.69. The van der Waals surface area contributed by atoms with Gasteiger partial charge in [-0.25, -0.2) is 0 Å². The highest BCUT2D eigenvalue weighted by atomic mass is 35.5. The molecule has 0 saturated carbocycles. The monoisotopic (exact) mass is 347 g/mol. The number of amides is 1. The Morgan fingerprint density at radius 2 is 2.14 bits per heavy atom. The minimum Gasteiger partial charge on any atom is -0.334 e. The van der Waals surface area contributed by atoms with Crippen LogP contribution >= 0.6 is 22.9 Å². The summed E-state index contributed by atoms with van der Waals surface area (Å²) in [6, 6.07) is 1.88. The number of hydrogen-bond donors (Lipinski definition) is 0. The Bertz CT molecular complexity index is 546. The number of thiophene rings is 1. The number of nitrogens with zero attached hydrogens (tertiary/aromatic N) is 1. The van der Waals surface area contributed by atoms with E-state index in [1.54, 1.807) is 4.90 Å². The van der Waals surface area contributed by atoms with Gasteiger partial charge in [0.15, 0.2) is 0 Å². The van der Waals surface area contributed by atoms with Gasteiger partial charge in [0, 0.05) is 39.3 Å². The molecule has 0 aliphatic carbocycles. The summed E-state index contributed by atoms with van der Waals surface area (Å²) in [5.74, 6) is 0.308. The Labute approximate surface area is 138 Å². The van der Waals surface area contributed by atoms with E-state index < -0.39 is 10.8 Å². The zero-order valence-electron chi connectivity index (χ0n) is 12.9. The molecule has 1 rings (SSSR count). The molecular formula is C15H22ClNO2S2. The standard InChI is InChI=1S/C15H22ClNO2S2/c1-6-14(18)17(7-8-21(19)15(3,4)5)10-12-9-13(16)20-11(12)2/h6,9H,1,7-8,10H2,2-5H3. The number of halogens is 1. The van der Waals surface area contributed by atoms with Gasteiger partial charge in [-0.15, -0.1) is 11.3 Å². The third-order valence-corrected chi connectivity index (χ3v) is 6.21. The molecular weight excluding hydrogens is 326 g/mol. The lowest BCUT2D eigenvalue weighted by atomic mass is 10.2. The fourth-order valence-electron chi connectivity index (χ4n) is 1.74. The SMILES string of the molecule is C=CC(=O)N(CCS(=O)C(C)(C)C)Cc1cc(Cl)sc1C. The molecule has 0 saturated heterocycles. The lowest BCUT2D eigenvalue weighted by molar-refractivity contribution is -0.126. The number of hydrogen-bond acceptors (Lipinski definition) is 3. The molecule has 1 heterocycles. The van der Waals surface area contributed by atoms with E-state index in [4.69, 9.17) is 11.6 Å². The molecule has 6 heteroatoms. The molecule has 0 bridgehead atoms. The first-order chi connectivity index (χ1) is 9.65. The predicted octanol–water partition coefficient (Wildman–Crippen LogP) is 3.77. The highest BCUT2D eigenvalue weighted by Gasteiger charge is 2.21. The van der Waals surface area contributed by atoms with E-state index in [-0.39, 0.29) is 10.7 Å². The summed E-state index contributed by atoms with van der Waals surface area (Å²) in [6.45, 7) is 12.2. The molecule has 1 aromatic heterocycles. The molecule has 3 nitrogen and oxygen atoms in total. The van der Waals surface area contributed by atoms with E-state index in [1.165, 1.54) is 17.4 Å². The second-order valence-corrected chi connectivity index (χ2v) is 9.97. The lowest BCUT2D eigenvalue weighted by Gasteiger charge is -2.24. The van der Waals surface area contributed by atoms with E-state index in [1.807, 2.05) is 33.8 Å². The average molecular weight is 348 g/mol. The van der Waals surface area contributed by atoms with Crippen LogP contribution in [0.1, 0.15) is 31.2 Å². The van der Waals surface area contributed by atoms with Crippen LogP contribution in [0.15, 0.2) is 18.7 Å². The van der Waals surface area contributed by atoms with E-state index in [0.717, 1.165) is 10.4 Å². The van der Waals surface area contributed by atoms with Crippen LogP contribution in [-0.4, -0.2) is 32.1 Å². The van der Waals surface area contributed by atoms with Crippen molar-refractivity contribution in [2.75, 3.05) is 12.3 Å². The van der Waals surface area contributed by atoms with Gasteiger partial charge in [-0.05, 0) is 45.4 Å². The third kappa shape index (κ3) is 5.57. The second-order valence-electron chi connectivity index (χ2n) is 5.76. The number of aryl methyl sites for hydroxylation is 1. The zero-order valence-corrected chi connectivity index (χ0v) is 15.3. The minimum atomic E-state index is -0.986. The van der Waals surface area contributed by atoms with E-state index in [9.17, 15) is 9.00 Å². The van der Waals surface area contributed by atoms with Crippen molar-refractivity contribution in [1.82, 2.24) is 4.90 Å². The van der Waals surface area contributed by atoms with Gasteiger partial charge in [0.25, 0.3) is 0 Å². The molecule has 0 spiro atoms. The Kier molecular flexibility index (Phi) is 6.63. The molecule has 1 aromatic rings. The Morgan fingerprint density at radius 3 is 2.57 bits per heavy atom. The van der Waals surface area contributed by atoms with Crippen LogP contribution in [0.3, 0.4) is 0 Å². The third-order valence-electron chi connectivity index (χ3n) is 3.07. The van der Waals surface area contributed by atoms with Gasteiger partial charge < -0.3 is 4.90 Å². The summed E-state index contributed by atoms with van der Waals surface area (Å²) in [6.07, 6.45) is 1.29. The number of carbonyl (C=O) groups is 1. The maximum Gasteiger partial charge on any atom is 0.246 e. The van der Waals surface area contributed by atoms with E-state index in [0.29, 0.717) is 23.2 Å². The molecule has 0 fully saturated rings. The van der Waals surface area contributed by atoms with Crippen LogP contribution in [0.25, 0.3) is 0 Å². The minimum absolute atomic E-state index is 0.150. The average Bonchev–Trinajstić information content (AvgIpc) is 2.70. The summed E-state index contributed by atoms with van der Waals surface area (Å²) in [7, 11) is -0.986. The first-order valence-corrected chi connectivity index (χ1v) is 9.21. The maximum absolute atomic E-state index is 12.1. The summed E-state index contributed by atoms with van der Waals surface area (Å²) < 4.78 is 12.6. The van der Waals surface area contributed by atoms with Gasteiger partial charge >= 0.3 is 0 Å². The summed E-state index contributed by atoms with van der Waals surface area (Å²) >= 11 is 7.50. The van der Waals surface area contributed by atoms with Crippen molar-refractivity contribution < 1.29 is 9.00 Å². The number of carbonyl (C=O) groups excluding carboxylic acids is 1.